The van der Waals surface area contributed by atoms with Crippen LogP contribution >= 0.6 is 0 Å². The molecular formula is C13H21N3O2. The molecule has 0 spiro atoms. The van der Waals surface area contributed by atoms with E-state index >= 15 is 0 Å². The lowest BCUT2D eigenvalue weighted by atomic mass is 9.92. The molecule has 0 saturated carbocycles. The highest BCUT2D eigenvalue weighted by Gasteiger charge is 2.23. The van der Waals surface area contributed by atoms with Crippen molar-refractivity contribution in [1.29, 1.82) is 0 Å². The van der Waals surface area contributed by atoms with Gasteiger partial charge in [-0.1, -0.05) is 19.0 Å². The van der Waals surface area contributed by atoms with Crippen molar-refractivity contribution in [1.82, 2.24) is 10.1 Å². The Morgan fingerprint density at radius 1 is 1.50 bits per heavy atom. The summed E-state index contributed by atoms with van der Waals surface area (Å²) in [6, 6.07) is 1.72. The van der Waals surface area contributed by atoms with Gasteiger partial charge < -0.3 is 4.52 Å². The molecule has 100 valence electrons. The summed E-state index contributed by atoms with van der Waals surface area (Å²) in [6.07, 6.45) is 1.25. The van der Waals surface area contributed by atoms with Crippen molar-refractivity contribution in [3.8, 4) is 0 Å². The Morgan fingerprint density at radius 2 is 2.17 bits per heavy atom. The van der Waals surface area contributed by atoms with Crippen LogP contribution in [0.3, 0.4) is 0 Å². The number of likely N-dealkylation sites (tertiary alicyclic amines) is 1. The van der Waals surface area contributed by atoms with Gasteiger partial charge in [-0.05, 0) is 25.2 Å². The maximum Gasteiger partial charge on any atom is 0.240 e. The molecule has 1 aromatic rings. The summed E-state index contributed by atoms with van der Waals surface area (Å²) < 4.78 is 4.97. The van der Waals surface area contributed by atoms with Crippen LogP contribution in [0.5, 0.6) is 0 Å². The number of aromatic nitrogens is 1. The largest absolute Gasteiger partial charge is 0.338 e. The van der Waals surface area contributed by atoms with Gasteiger partial charge in [0.25, 0.3) is 0 Å². The van der Waals surface area contributed by atoms with E-state index in [2.05, 4.69) is 29.2 Å². The normalized spacial score (nSPS) is 25.1. The quantitative estimate of drug-likeness (QED) is 0.891. The predicted octanol–water partition coefficient (Wildman–Crippen LogP) is 1.90. The third-order valence-electron chi connectivity index (χ3n) is 3.20. The van der Waals surface area contributed by atoms with E-state index in [0.29, 0.717) is 24.3 Å². The van der Waals surface area contributed by atoms with Crippen molar-refractivity contribution in [2.75, 3.05) is 25.0 Å². The van der Waals surface area contributed by atoms with E-state index in [-0.39, 0.29) is 5.91 Å². The zero-order valence-electron chi connectivity index (χ0n) is 11.3. The van der Waals surface area contributed by atoms with E-state index in [9.17, 15) is 4.79 Å². The van der Waals surface area contributed by atoms with Gasteiger partial charge in [0, 0.05) is 19.2 Å². The minimum absolute atomic E-state index is 0.0348. The van der Waals surface area contributed by atoms with E-state index in [1.165, 1.54) is 6.42 Å². The first-order chi connectivity index (χ1) is 8.52. The highest BCUT2D eigenvalue weighted by atomic mass is 16.5. The van der Waals surface area contributed by atoms with E-state index in [1.54, 1.807) is 6.07 Å². The molecule has 1 amide bonds. The lowest BCUT2D eigenvalue weighted by Crippen LogP contribution is -2.42. The second kappa shape index (κ2) is 5.52. The Bertz CT molecular complexity index is 406. The van der Waals surface area contributed by atoms with Crippen LogP contribution in [0.2, 0.25) is 0 Å². The molecule has 0 aromatic carbocycles. The zero-order chi connectivity index (χ0) is 13.1. The number of carbonyl (C=O) groups is 1. The summed E-state index contributed by atoms with van der Waals surface area (Å²) >= 11 is 0. The van der Waals surface area contributed by atoms with Crippen LogP contribution in [0.15, 0.2) is 10.6 Å². The van der Waals surface area contributed by atoms with Crippen LogP contribution in [0, 0.1) is 18.8 Å². The lowest BCUT2D eigenvalue weighted by molar-refractivity contribution is -0.118. The van der Waals surface area contributed by atoms with Gasteiger partial charge in [-0.2, -0.15) is 0 Å². The van der Waals surface area contributed by atoms with Crippen molar-refractivity contribution >= 4 is 11.8 Å². The molecule has 1 aliphatic heterocycles. The van der Waals surface area contributed by atoms with E-state index in [0.717, 1.165) is 18.8 Å². The summed E-state index contributed by atoms with van der Waals surface area (Å²) in [5.74, 6) is 1.71. The fourth-order valence-electron chi connectivity index (χ4n) is 2.72. The molecule has 5 heteroatoms. The van der Waals surface area contributed by atoms with Crippen LogP contribution in [-0.2, 0) is 4.79 Å². The Labute approximate surface area is 108 Å². The number of piperidine rings is 1. The average molecular weight is 251 g/mol. The number of nitrogens with one attached hydrogen (secondary N) is 1. The van der Waals surface area contributed by atoms with Crippen LogP contribution in [0.4, 0.5) is 5.88 Å². The molecule has 2 rings (SSSR count). The van der Waals surface area contributed by atoms with Crippen LogP contribution < -0.4 is 5.32 Å². The van der Waals surface area contributed by atoms with Gasteiger partial charge in [-0.15, -0.1) is 0 Å². The number of rotatable bonds is 3. The Balaban J connectivity index is 1.83. The summed E-state index contributed by atoms with van der Waals surface area (Å²) in [6.45, 7) is 8.71. The molecule has 1 aromatic heterocycles. The minimum Gasteiger partial charge on any atom is -0.338 e. The Kier molecular flexibility index (Phi) is 4.01. The molecule has 0 radical (unpaired) electrons. The van der Waals surface area contributed by atoms with Crippen molar-refractivity contribution in [3.63, 3.8) is 0 Å². The summed E-state index contributed by atoms with van der Waals surface area (Å²) in [7, 11) is 0. The average Bonchev–Trinajstić information content (AvgIpc) is 2.61. The second-order valence-corrected chi connectivity index (χ2v) is 5.52. The SMILES string of the molecule is Cc1cc(NC(=O)CN2CC(C)CC(C)C2)on1. The van der Waals surface area contributed by atoms with Crippen LogP contribution in [-0.4, -0.2) is 35.6 Å². The van der Waals surface area contributed by atoms with Gasteiger partial charge in [0.1, 0.15) is 0 Å². The van der Waals surface area contributed by atoms with Crippen LogP contribution in [0.1, 0.15) is 26.0 Å². The highest BCUT2D eigenvalue weighted by molar-refractivity contribution is 5.90. The van der Waals surface area contributed by atoms with E-state index < -0.39 is 0 Å². The molecule has 1 fully saturated rings. The first-order valence-corrected chi connectivity index (χ1v) is 6.48. The molecule has 1 N–H and O–H groups in total. The van der Waals surface area contributed by atoms with Gasteiger partial charge in [0.15, 0.2) is 0 Å². The minimum atomic E-state index is -0.0348. The van der Waals surface area contributed by atoms with Crippen molar-refractivity contribution in [2.45, 2.75) is 27.2 Å². The van der Waals surface area contributed by atoms with E-state index in [4.69, 9.17) is 4.52 Å². The zero-order valence-corrected chi connectivity index (χ0v) is 11.3. The van der Waals surface area contributed by atoms with Crippen molar-refractivity contribution in [2.24, 2.45) is 11.8 Å². The molecule has 2 atom stereocenters. The molecule has 2 unspecified atom stereocenters. The van der Waals surface area contributed by atoms with Gasteiger partial charge in [-0.25, -0.2) is 0 Å². The molecule has 2 heterocycles. The molecule has 1 aliphatic rings. The standard InChI is InChI=1S/C13H21N3O2/c1-9-4-10(2)7-16(6-9)8-12(17)14-13-5-11(3)15-18-13/h5,9-10H,4,6-8H2,1-3H3,(H,14,17). The fourth-order valence-corrected chi connectivity index (χ4v) is 2.72. The number of aryl methyl sites for hydroxylation is 1. The van der Waals surface area contributed by atoms with E-state index in [1.807, 2.05) is 6.92 Å². The Morgan fingerprint density at radius 3 is 2.72 bits per heavy atom. The lowest BCUT2D eigenvalue weighted by Gasteiger charge is -2.34. The summed E-state index contributed by atoms with van der Waals surface area (Å²) in [5, 5.41) is 6.47. The first-order valence-electron chi connectivity index (χ1n) is 6.48. The monoisotopic (exact) mass is 251 g/mol. The first kappa shape index (κ1) is 13.1. The number of carbonyl (C=O) groups excluding carboxylic acids is 1. The number of anilines is 1. The second-order valence-electron chi connectivity index (χ2n) is 5.52. The molecule has 5 nitrogen and oxygen atoms in total. The molecule has 18 heavy (non-hydrogen) atoms. The highest BCUT2D eigenvalue weighted by Crippen LogP contribution is 2.20. The third kappa shape index (κ3) is 3.57. The fraction of sp³-hybridized carbons (Fsp3) is 0.692. The number of amides is 1. The maximum absolute atomic E-state index is 11.9. The molecular weight excluding hydrogens is 230 g/mol. The smallest absolute Gasteiger partial charge is 0.240 e. The summed E-state index contributed by atoms with van der Waals surface area (Å²) in [5.41, 5.74) is 0.769. The molecule has 1 saturated heterocycles. The number of hydrogen-bond donors (Lipinski definition) is 1. The van der Waals surface area contributed by atoms with Gasteiger partial charge in [-0.3, -0.25) is 15.0 Å². The number of hydrogen-bond acceptors (Lipinski definition) is 4. The van der Waals surface area contributed by atoms with Gasteiger partial charge in [0.05, 0.1) is 12.2 Å². The number of nitrogens with zero attached hydrogens (tertiary/aromatic N) is 2. The molecule has 0 bridgehead atoms. The third-order valence-corrected chi connectivity index (χ3v) is 3.20. The Hall–Kier alpha value is -1.36. The van der Waals surface area contributed by atoms with Crippen LogP contribution in [0.25, 0.3) is 0 Å². The molecule has 0 aliphatic carbocycles. The predicted molar refractivity (Wildman–Crippen MR) is 69.3 cm³/mol. The maximum atomic E-state index is 11.9. The summed E-state index contributed by atoms with van der Waals surface area (Å²) in [4.78, 5) is 14.1. The van der Waals surface area contributed by atoms with Gasteiger partial charge in [0.2, 0.25) is 11.8 Å². The topological polar surface area (TPSA) is 58.4 Å². The van der Waals surface area contributed by atoms with Gasteiger partial charge >= 0.3 is 0 Å². The van der Waals surface area contributed by atoms with Crippen molar-refractivity contribution in [3.05, 3.63) is 11.8 Å². The van der Waals surface area contributed by atoms with Crippen molar-refractivity contribution < 1.29 is 9.32 Å².